The summed E-state index contributed by atoms with van der Waals surface area (Å²) in [5, 5.41) is 18.1. The van der Waals surface area contributed by atoms with Crippen molar-refractivity contribution in [3.8, 4) is 11.4 Å². The topological polar surface area (TPSA) is 107 Å². The molecule has 2 heterocycles. The van der Waals surface area contributed by atoms with Crippen LogP contribution < -0.4 is 10.6 Å². The summed E-state index contributed by atoms with van der Waals surface area (Å²) in [6.45, 7) is 0. The number of amides is 2. The number of benzene rings is 3. The van der Waals surface area contributed by atoms with Crippen LogP contribution >= 0.6 is 0 Å². The molecule has 3 aromatic carbocycles. The van der Waals surface area contributed by atoms with Crippen LogP contribution in [0.4, 0.5) is 5.69 Å². The van der Waals surface area contributed by atoms with E-state index in [1.807, 2.05) is 96.5 Å². The lowest BCUT2D eigenvalue weighted by atomic mass is 9.84. The van der Waals surface area contributed by atoms with Gasteiger partial charge >= 0.3 is 0 Å². The van der Waals surface area contributed by atoms with Crippen LogP contribution in [0.5, 0.6) is 0 Å². The second kappa shape index (κ2) is 10.9. The van der Waals surface area contributed by atoms with E-state index in [9.17, 15) is 9.59 Å². The largest absolute Gasteiger partial charge is 0.338 e. The Hall–Kier alpha value is -5.05. The van der Waals surface area contributed by atoms with Gasteiger partial charge in [0, 0.05) is 37.5 Å². The van der Waals surface area contributed by atoms with Gasteiger partial charge in [-0.2, -0.15) is 5.10 Å². The van der Waals surface area contributed by atoms with E-state index < -0.39 is 12.0 Å². The molecule has 9 heteroatoms. The monoisotopic (exact) mass is 505 g/mol. The molecule has 1 atom stereocenters. The third-order valence-corrected chi connectivity index (χ3v) is 6.40. The van der Waals surface area contributed by atoms with Gasteiger partial charge in [-0.1, -0.05) is 60.7 Å². The molecule has 2 amide bonds. The van der Waals surface area contributed by atoms with Crippen LogP contribution in [0.25, 0.3) is 11.4 Å². The summed E-state index contributed by atoms with van der Waals surface area (Å²) < 4.78 is 3.30. The van der Waals surface area contributed by atoms with Gasteiger partial charge in [0.05, 0.1) is 0 Å². The van der Waals surface area contributed by atoms with Crippen molar-refractivity contribution in [2.75, 3.05) is 5.32 Å². The third-order valence-electron chi connectivity index (χ3n) is 6.40. The Morgan fingerprint density at radius 1 is 0.816 bits per heavy atom. The summed E-state index contributed by atoms with van der Waals surface area (Å²) in [7, 11) is 3.56. The molecule has 0 spiro atoms. The zero-order chi connectivity index (χ0) is 26.5. The van der Waals surface area contributed by atoms with Crippen molar-refractivity contribution < 1.29 is 9.59 Å². The van der Waals surface area contributed by atoms with Crippen molar-refractivity contribution in [3.63, 3.8) is 0 Å². The molecule has 9 nitrogen and oxygen atoms in total. The molecule has 2 aromatic heterocycles. The first kappa shape index (κ1) is 24.6. The molecule has 0 bridgehead atoms. The Labute approximate surface area is 220 Å². The number of carbonyl (C=O) groups is 2. The van der Waals surface area contributed by atoms with Gasteiger partial charge in [-0.15, -0.1) is 10.2 Å². The maximum absolute atomic E-state index is 13.9. The van der Waals surface area contributed by atoms with E-state index in [2.05, 4.69) is 25.9 Å². The number of aryl methyl sites for hydroxylation is 2. The first-order valence-corrected chi connectivity index (χ1v) is 12.2. The van der Waals surface area contributed by atoms with Crippen LogP contribution in [0, 0.1) is 0 Å². The van der Waals surface area contributed by atoms with Gasteiger partial charge in [-0.05, 0) is 41.5 Å². The predicted octanol–water partition coefficient (Wildman–Crippen LogP) is 3.78. The van der Waals surface area contributed by atoms with Gasteiger partial charge in [0.1, 0.15) is 18.1 Å². The fraction of sp³-hybridized carbons (Fsp3) is 0.138. The summed E-state index contributed by atoms with van der Waals surface area (Å²) >= 11 is 0. The standard InChI is InChI=1S/C29H27N7O2/c1-35-19-30-34-27(35)22-13-15-23(16-14-22)32-29(38)26(33-28(37)24-17-18-31-36(24)2)25(20-9-5-3-6-10-20)21-11-7-4-8-12-21/h3-19,25-26H,1-2H3,(H,32,38)(H,33,37)/t26-/m0/s1. The van der Waals surface area contributed by atoms with Crippen molar-refractivity contribution >= 4 is 17.5 Å². The van der Waals surface area contributed by atoms with E-state index in [4.69, 9.17) is 0 Å². The van der Waals surface area contributed by atoms with Crippen molar-refractivity contribution in [1.82, 2.24) is 29.9 Å². The average molecular weight is 506 g/mol. The van der Waals surface area contributed by atoms with Crippen molar-refractivity contribution in [1.29, 1.82) is 0 Å². The highest BCUT2D eigenvalue weighted by Crippen LogP contribution is 2.29. The molecule has 190 valence electrons. The van der Waals surface area contributed by atoms with Crippen molar-refractivity contribution in [2.45, 2.75) is 12.0 Å². The number of hydrogen-bond donors (Lipinski definition) is 2. The first-order chi connectivity index (χ1) is 18.5. The molecular weight excluding hydrogens is 478 g/mol. The quantitative estimate of drug-likeness (QED) is 0.334. The lowest BCUT2D eigenvalue weighted by Gasteiger charge is -2.28. The minimum Gasteiger partial charge on any atom is -0.338 e. The molecule has 5 aromatic rings. The Kier molecular flexibility index (Phi) is 7.08. The summed E-state index contributed by atoms with van der Waals surface area (Å²) in [5.41, 5.74) is 3.63. The van der Waals surface area contributed by atoms with Crippen LogP contribution in [0.15, 0.2) is 104 Å². The van der Waals surface area contributed by atoms with E-state index in [0.29, 0.717) is 11.4 Å². The third kappa shape index (κ3) is 5.22. The minimum absolute atomic E-state index is 0.343. The maximum Gasteiger partial charge on any atom is 0.270 e. The Morgan fingerprint density at radius 3 is 1.97 bits per heavy atom. The zero-order valence-electron chi connectivity index (χ0n) is 21.0. The molecule has 0 saturated carbocycles. The van der Waals surface area contributed by atoms with Gasteiger partial charge in [0.2, 0.25) is 5.91 Å². The molecule has 2 N–H and O–H groups in total. The molecular formula is C29H27N7O2. The molecule has 38 heavy (non-hydrogen) atoms. The van der Waals surface area contributed by atoms with Gasteiger partial charge in [-0.3, -0.25) is 14.3 Å². The molecule has 0 unspecified atom stereocenters. The number of rotatable bonds is 8. The maximum atomic E-state index is 13.9. The zero-order valence-corrected chi connectivity index (χ0v) is 21.0. The van der Waals surface area contributed by atoms with Crippen molar-refractivity contribution in [3.05, 3.63) is 120 Å². The summed E-state index contributed by atoms with van der Waals surface area (Å²) in [6.07, 6.45) is 3.18. The fourth-order valence-electron chi connectivity index (χ4n) is 4.48. The number of hydrogen-bond acceptors (Lipinski definition) is 5. The highest BCUT2D eigenvalue weighted by molar-refractivity contribution is 6.01. The molecule has 0 fully saturated rings. The lowest BCUT2D eigenvalue weighted by molar-refractivity contribution is -0.118. The number of aromatic nitrogens is 5. The molecule has 5 rings (SSSR count). The minimum atomic E-state index is -0.916. The average Bonchev–Trinajstić information content (AvgIpc) is 3.57. The number of nitrogens with zero attached hydrogens (tertiary/aromatic N) is 5. The summed E-state index contributed by atoms with van der Waals surface area (Å²) in [4.78, 5) is 27.2. The SMILES string of the molecule is Cn1cnnc1-c1ccc(NC(=O)[C@@H](NC(=O)c2ccnn2C)C(c2ccccc2)c2ccccc2)cc1. The summed E-state index contributed by atoms with van der Waals surface area (Å²) in [6, 6.07) is 27.5. The van der Waals surface area contributed by atoms with Crippen LogP contribution in [-0.2, 0) is 18.9 Å². The number of anilines is 1. The molecule has 0 aliphatic heterocycles. The van der Waals surface area contributed by atoms with E-state index >= 15 is 0 Å². The second-order valence-electron chi connectivity index (χ2n) is 8.92. The normalized spacial score (nSPS) is 11.8. The van der Waals surface area contributed by atoms with Crippen LogP contribution in [-0.4, -0.2) is 42.4 Å². The molecule has 0 aliphatic rings. The van der Waals surface area contributed by atoms with Gasteiger partial charge in [0.25, 0.3) is 5.91 Å². The highest BCUT2D eigenvalue weighted by Gasteiger charge is 2.33. The van der Waals surface area contributed by atoms with Crippen LogP contribution in [0.3, 0.4) is 0 Å². The van der Waals surface area contributed by atoms with Gasteiger partial charge in [-0.25, -0.2) is 0 Å². The fourth-order valence-corrected chi connectivity index (χ4v) is 4.48. The van der Waals surface area contributed by atoms with Gasteiger partial charge in [0.15, 0.2) is 5.82 Å². The summed E-state index contributed by atoms with van der Waals surface area (Å²) in [5.74, 6) is -0.450. The highest BCUT2D eigenvalue weighted by atomic mass is 16.2. The lowest BCUT2D eigenvalue weighted by Crippen LogP contribution is -2.48. The van der Waals surface area contributed by atoms with Crippen LogP contribution in [0.2, 0.25) is 0 Å². The van der Waals surface area contributed by atoms with E-state index in [0.717, 1.165) is 22.5 Å². The second-order valence-corrected chi connectivity index (χ2v) is 8.92. The van der Waals surface area contributed by atoms with E-state index in [1.165, 1.54) is 4.68 Å². The van der Waals surface area contributed by atoms with E-state index in [-0.39, 0.29) is 11.8 Å². The molecule has 0 aliphatic carbocycles. The smallest absolute Gasteiger partial charge is 0.270 e. The Morgan fingerprint density at radius 2 is 1.45 bits per heavy atom. The molecule has 0 radical (unpaired) electrons. The van der Waals surface area contributed by atoms with Crippen LogP contribution in [0.1, 0.15) is 27.5 Å². The van der Waals surface area contributed by atoms with Gasteiger partial charge < -0.3 is 15.2 Å². The first-order valence-electron chi connectivity index (χ1n) is 12.2. The molecule has 0 saturated heterocycles. The Balaban J connectivity index is 1.49. The predicted molar refractivity (Wildman–Crippen MR) is 144 cm³/mol. The van der Waals surface area contributed by atoms with E-state index in [1.54, 1.807) is 25.6 Å². The number of nitrogens with one attached hydrogen (secondary N) is 2. The van der Waals surface area contributed by atoms with Crippen molar-refractivity contribution in [2.24, 2.45) is 14.1 Å². The number of carbonyl (C=O) groups excluding carboxylic acids is 2. The Bertz CT molecular complexity index is 1490.